The molecule has 3 heterocycles. The van der Waals surface area contributed by atoms with Crippen molar-refractivity contribution in [2.45, 2.75) is 32.1 Å². The molecule has 5 rings (SSSR count). The third kappa shape index (κ3) is 3.63. The van der Waals surface area contributed by atoms with Crippen LogP contribution in [0.1, 0.15) is 40.2 Å². The molecule has 1 aliphatic carbocycles. The molecular formula is C23H20N4O3S2. The second-order valence-corrected chi connectivity index (χ2v) is 9.68. The number of aryl methyl sites for hydroxylation is 1. The van der Waals surface area contributed by atoms with Crippen molar-refractivity contribution in [3.8, 4) is 10.4 Å². The van der Waals surface area contributed by atoms with E-state index in [9.17, 15) is 14.9 Å². The first-order valence-electron chi connectivity index (χ1n) is 10.4. The highest BCUT2D eigenvalue weighted by atomic mass is 32.1. The van der Waals surface area contributed by atoms with Crippen molar-refractivity contribution in [2.75, 3.05) is 11.1 Å². The minimum absolute atomic E-state index is 0.0318. The number of fused-ring (bicyclic) bond motifs is 2. The van der Waals surface area contributed by atoms with E-state index in [2.05, 4.69) is 16.8 Å². The van der Waals surface area contributed by atoms with E-state index in [0.29, 0.717) is 16.3 Å². The molecule has 3 N–H and O–H groups in total. The van der Waals surface area contributed by atoms with Gasteiger partial charge in [0.15, 0.2) is 0 Å². The molecule has 7 nitrogen and oxygen atoms in total. The lowest BCUT2D eigenvalue weighted by Crippen LogP contribution is -2.12. The van der Waals surface area contributed by atoms with Crippen molar-refractivity contribution in [1.29, 1.82) is 0 Å². The third-order valence-corrected chi connectivity index (χ3v) is 7.70. The molecule has 1 aliphatic rings. The number of hydrogen-bond acceptors (Lipinski definition) is 7. The van der Waals surface area contributed by atoms with Crippen LogP contribution in [0, 0.1) is 10.1 Å². The van der Waals surface area contributed by atoms with Gasteiger partial charge in [0.1, 0.15) is 9.71 Å². The standard InChI is InChI=1S/C23H20N4O3S2/c24-20-19-18(17-7-4-12-31-17)15-5-2-1-3-6-16(15)26-23(19)32-21(20)22(28)25-13-8-10-14(11-9-13)27(29)30/h4,7-12H,1-3,5-6,24H2,(H,25,28). The minimum Gasteiger partial charge on any atom is -0.397 e. The average molecular weight is 465 g/mol. The number of carbonyl (C=O) groups is 1. The number of rotatable bonds is 4. The molecule has 0 unspecified atom stereocenters. The highest BCUT2D eigenvalue weighted by Crippen LogP contribution is 2.44. The summed E-state index contributed by atoms with van der Waals surface area (Å²) < 4.78 is 0. The Balaban J connectivity index is 1.59. The maximum atomic E-state index is 13.1. The lowest BCUT2D eigenvalue weighted by atomic mass is 9.97. The summed E-state index contributed by atoms with van der Waals surface area (Å²) in [5.74, 6) is -0.341. The molecule has 32 heavy (non-hydrogen) atoms. The van der Waals surface area contributed by atoms with Gasteiger partial charge in [-0.3, -0.25) is 14.9 Å². The maximum Gasteiger partial charge on any atom is 0.269 e. The Hall–Kier alpha value is -3.30. The predicted octanol–water partition coefficient (Wildman–Crippen LogP) is 6.04. The molecule has 0 fully saturated rings. The number of nitrogens with one attached hydrogen (secondary N) is 1. The molecular weight excluding hydrogens is 444 g/mol. The van der Waals surface area contributed by atoms with Crippen LogP contribution in [0.15, 0.2) is 41.8 Å². The fraction of sp³-hybridized carbons (Fsp3) is 0.217. The largest absolute Gasteiger partial charge is 0.397 e. The zero-order chi connectivity index (χ0) is 22.2. The number of pyridine rings is 1. The summed E-state index contributed by atoms with van der Waals surface area (Å²) >= 11 is 2.97. The van der Waals surface area contributed by atoms with Gasteiger partial charge in [0.25, 0.3) is 11.6 Å². The Morgan fingerprint density at radius 3 is 2.62 bits per heavy atom. The fourth-order valence-electron chi connectivity index (χ4n) is 4.20. The van der Waals surface area contributed by atoms with Gasteiger partial charge >= 0.3 is 0 Å². The van der Waals surface area contributed by atoms with Crippen LogP contribution < -0.4 is 11.1 Å². The van der Waals surface area contributed by atoms with E-state index < -0.39 is 4.92 Å². The number of nitrogen functional groups attached to an aromatic ring is 1. The van der Waals surface area contributed by atoms with Gasteiger partial charge in [0, 0.05) is 39.3 Å². The van der Waals surface area contributed by atoms with Crippen LogP contribution in [0.2, 0.25) is 0 Å². The van der Waals surface area contributed by atoms with Crippen molar-refractivity contribution in [2.24, 2.45) is 0 Å². The van der Waals surface area contributed by atoms with Crippen molar-refractivity contribution >= 4 is 55.9 Å². The van der Waals surface area contributed by atoms with Gasteiger partial charge in [-0.2, -0.15) is 0 Å². The van der Waals surface area contributed by atoms with Gasteiger partial charge in [-0.05, 0) is 54.8 Å². The zero-order valence-corrected chi connectivity index (χ0v) is 18.7. The maximum absolute atomic E-state index is 13.1. The first-order valence-corrected chi connectivity index (χ1v) is 12.1. The minimum atomic E-state index is -0.475. The third-order valence-electron chi connectivity index (χ3n) is 5.71. The molecule has 162 valence electrons. The van der Waals surface area contributed by atoms with E-state index in [-0.39, 0.29) is 11.6 Å². The Morgan fingerprint density at radius 2 is 1.91 bits per heavy atom. The highest BCUT2D eigenvalue weighted by Gasteiger charge is 2.25. The number of nitrogens with two attached hydrogens (primary N) is 1. The lowest BCUT2D eigenvalue weighted by molar-refractivity contribution is -0.384. The zero-order valence-electron chi connectivity index (χ0n) is 17.1. The predicted molar refractivity (Wildman–Crippen MR) is 130 cm³/mol. The first-order chi connectivity index (χ1) is 15.5. The van der Waals surface area contributed by atoms with Gasteiger partial charge in [-0.1, -0.05) is 12.5 Å². The Kier molecular flexibility index (Phi) is 5.36. The SMILES string of the molecule is Nc1c(C(=O)Nc2ccc([N+](=O)[O-])cc2)sc2nc3c(c(-c4cccs4)c12)CCCCC3. The molecule has 0 saturated heterocycles. The number of thiophene rings is 2. The van der Waals surface area contributed by atoms with Crippen molar-refractivity contribution in [1.82, 2.24) is 4.98 Å². The van der Waals surface area contributed by atoms with Crippen LogP contribution in [-0.2, 0) is 12.8 Å². The Morgan fingerprint density at radius 1 is 1.12 bits per heavy atom. The van der Waals surface area contributed by atoms with Crippen molar-refractivity contribution < 1.29 is 9.72 Å². The Labute approximate surface area is 192 Å². The van der Waals surface area contributed by atoms with Crippen LogP contribution in [-0.4, -0.2) is 15.8 Å². The number of aromatic nitrogens is 1. The van der Waals surface area contributed by atoms with E-state index in [1.165, 1.54) is 47.6 Å². The fourth-order valence-corrected chi connectivity index (χ4v) is 6.02. The van der Waals surface area contributed by atoms with Gasteiger partial charge in [0.05, 0.1) is 10.6 Å². The van der Waals surface area contributed by atoms with Crippen LogP contribution in [0.5, 0.6) is 0 Å². The second kappa shape index (κ2) is 8.33. The normalized spacial score (nSPS) is 13.5. The topological polar surface area (TPSA) is 111 Å². The number of amides is 1. The molecule has 0 saturated carbocycles. The summed E-state index contributed by atoms with van der Waals surface area (Å²) in [6.45, 7) is 0. The van der Waals surface area contributed by atoms with E-state index >= 15 is 0 Å². The number of hydrogen-bond donors (Lipinski definition) is 2. The monoisotopic (exact) mass is 464 g/mol. The molecule has 0 bridgehead atoms. The van der Waals surface area contributed by atoms with Gasteiger partial charge in [-0.25, -0.2) is 4.98 Å². The van der Waals surface area contributed by atoms with Gasteiger partial charge in [0.2, 0.25) is 0 Å². The number of benzene rings is 1. The molecule has 1 amide bonds. The van der Waals surface area contributed by atoms with E-state index in [1.807, 2.05) is 6.07 Å². The van der Waals surface area contributed by atoms with Crippen LogP contribution >= 0.6 is 22.7 Å². The van der Waals surface area contributed by atoms with Crippen LogP contribution in [0.3, 0.4) is 0 Å². The Bertz CT molecular complexity index is 1330. The first kappa shape index (κ1) is 20.6. The van der Waals surface area contributed by atoms with Crippen molar-refractivity contribution in [3.63, 3.8) is 0 Å². The number of anilines is 2. The number of nitro groups is 1. The summed E-state index contributed by atoms with van der Waals surface area (Å²) in [6, 6.07) is 9.86. The molecule has 0 radical (unpaired) electrons. The molecule has 4 aromatic rings. The molecule has 1 aromatic carbocycles. The van der Waals surface area contributed by atoms with Crippen LogP contribution in [0.4, 0.5) is 17.1 Å². The number of nitro benzene ring substituents is 1. The quantitative estimate of drug-likeness (QED) is 0.217. The van der Waals surface area contributed by atoms with Gasteiger partial charge < -0.3 is 11.1 Å². The summed E-state index contributed by atoms with van der Waals surface area (Å²) in [4.78, 5) is 30.7. The summed E-state index contributed by atoms with van der Waals surface area (Å²) in [5.41, 5.74) is 10.9. The smallest absolute Gasteiger partial charge is 0.269 e. The molecule has 0 atom stereocenters. The van der Waals surface area contributed by atoms with Gasteiger partial charge in [-0.15, -0.1) is 22.7 Å². The molecule has 0 aliphatic heterocycles. The molecule has 3 aromatic heterocycles. The molecule has 9 heteroatoms. The number of non-ortho nitro benzene ring substituents is 1. The number of carbonyl (C=O) groups excluding carboxylic acids is 1. The average Bonchev–Trinajstić information content (AvgIpc) is 3.35. The second-order valence-electron chi connectivity index (χ2n) is 7.73. The molecule has 0 spiro atoms. The summed E-state index contributed by atoms with van der Waals surface area (Å²) in [5, 5.41) is 16.6. The van der Waals surface area contributed by atoms with Crippen molar-refractivity contribution in [3.05, 3.63) is 68.0 Å². The van der Waals surface area contributed by atoms with E-state index in [1.54, 1.807) is 11.3 Å². The summed E-state index contributed by atoms with van der Waals surface area (Å²) in [7, 11) is 0. The lowest BCUT2D eigenvalue weighted by Gasteiger charge is -2.13. The summed E-state index contributed by atoms with van der Waals surface area (Å²) in [6.07, 6.45) is 5.32. The number of nitrogens with zero attached hydrogens (tertiary/aromatic N) is 2. The van der Waals surface area contributed by atoms with Crippen LogP contribution in [0.25, 0.3) is 20.7 Å². The van der Waals surface area contributed by atoms with E-state index in [4.69, 9.17) is 10.7 Å². The highest BCUT2D eigenvalue weighted by molar-refractivity contribution is 7.21. The van der Waals surface area contributed by atoms with E-state index in [0.717, 1.165) is 52.0 Å².